The number of amides is 1. The quantitative estimate of drug-likeness (QED) is 0.0125. The summed E-state index contributed by atoms with van der Waals surface area (Å²) >= 11 is 4.72. The summed E-state index contributed by atoms with van der Waals surface area (Å²) in [6, 6.07) is 25.0. The number of aromatic nitrogens is 17. The number of ketones is 1. The van der Waals surface area contributed by atoms with Crippen molar-refractivity contribution >= 4 is 194 Å². The van der Waals surface area contributed by atoms with Gasteiger partial charge in [-0.15, -0.1) is 10.2 Å². The third-order valence-electron chi connectivity index (χ3n) is 22.8. The molecule has 12 aromatic rings. The van der Waals surface area contributed by atoms with E-state index in [1.54, 1.807) is 130 Å². The van der Waals surface area contributed by atoms with Crippen LogP contribution >= 0.6 is 45.3 Å². The van der Waals surface area contributed by atoms with Crippen LogP contribution in [0, 0.1) is 33.6 Å². The van der Waals surface area contributed by atoms with Crippen molar-refractivity contribution in [2.45, 2.75) is 152 Å². The summed E-state index contributed by atoms with van der Waals surface area (Å²) < 4.78 is 58.1. The first-order valence-electron chi connectivity index (χ1n) is 48.1. The number of piperazine rings is 1. The van der Waals surface area contributed by atoms with Crippen molar-refractivity contribution in [1.29, 1.82) is 0 Å². The van der Waals surface area contributed by atoms with Crippen molar-refractivity contribution in [2.24, 2.45) is 5.92 Å². The number of sulfonamides is 1. The minimum Gasteiger partial charge on any atom is -0.478 e. The second-order valence-electron chi connectivity index (χ2n) is 34.2. The number of rotatable bonds is 40. The Hall–Kier alpha value is -14.9. The van der Waals surface area contributed by atoms with Gasteiger partial charge in [-0.1, -0.05) is 80.9 Å². The van der Waals surface area contributed by atoms with Gasteiger partial charge in [0.1, 0.15) is 66.1 Å². The van der Waals surface area contributed by atoms with E-state index in [9.17, 15) is 47.1 Å². The maximum atomic E-state index is 12.2. The van der Waals surface area contributed by atoms with Crippen LogP contribution in [0.4, 0.5) is 101 Å². The van der Waals surface area contributed by atoms with Gasteiger partial charge in [0.05, 0.1) is 85.8 Å². The van der Waals surface area contributed by atoms with E-state index in [1.165, 1.54) is 34.0 Å². The summed E-state index contributed by atoms with van der Waals surface area (Å²) in [6.45, 7) is 28.6. The van der Waals surface area contributed by atoms with Crippen molar-refractivity contribution in [3.05, 3.63) is 168 Å². The summed E-state index contributed by atoms with van der Waals surface area (Å²) in [5.41, 5.74) is 5.86. The molecule has 10 aromatic heterocycles. The molecule has 4 aliphatic rings. The number of aromatic carboxylic acids is 1. The number of ether oxygens (including phenoxy) is 6. The van der Waals surface area contributed by atoms with Gasteiger partial charge < -0.3 is 84.0 Å². The van der Waals surface area contributed by atoms with Crippen LogP contribution in [0.15, 0.2) is 97.3 Å². The molecule has 0 aliphatic carbocycles. The molecule has 14 heterocycles. The lowest BCUT2D eigenvalue weighted by Gasteiger charge is -2.35. The molecule has 53 heteroatoms. The number of piperidine rings is 2. The zero-order chi connectivity index (χ0) is 106. The molecule has 2 atom stereocenters. The largest absolute Gasteiger partial charge is 0.478 e. The van der Waals surface area contributed by atoms with E-state index < -0.39 is 39.2 Å². The number of carboxylic acids is 1. The van der Waals surface area contributed by atoms with Gasteiger partial charge >= 0.3 is 35.9 Å². The monoisotopic (exact) mass is 2130 g/mol. The molecular formula is C95H121N31O17S5. The number of nitrogens with zero attached hydrogens (tertiary/aromatic N) is 22. The average Bonchev–Trinajstić information content (AvgIpc) is 1.33. The normalized spacial score (nSPS) is 14.4. The number of hydrogen-bond acceptors (Lipinski definition) is 48. The van der Waals surface area contributed by atoms with Gasteiger partial charge in [0.15, 0.2) is 32.1 Å². The van der Waals surface area contributed by atoms with Crippen LogP contribution in [0.25, 0.3) is 0 Å². The van der Waals surface area contributed by atoms with Gasteiger partial charge in [-0.05, 0) is 161 Å². The molecule has 16 rings (SSSR count). The maximum absolute atomic E-state index is 12.2. The predicted molar refractivity (Wildman–Crippen MR) is 564 cm³/mol. The zero-order valence-corrected chi connectivity index (χ0v) is 88.3. The summed E-state index contributed by atoms with van der Waals surface area (Å²) in [5.74, 6) is 4.59. The van der Waals surface area contributed by atoms with Crippen molar-refractivity contribution < 1.29 is 80.6 Å². The number of benzene rings is 2. The Balaban J connectivity index is 0.000000165. The number of H-pyrrole nitrogens is 1. The number of aryl methyl sites for hydroxylation is 4. The highest BCUT2D eigenvalue weighted by molar-refractivity contribution is 7.93. The second kappa shape index (κ2) is 53.4. The fraction of sp³-hybridized carbons (Fsp3) is 0.442. The van der Waals surface area contributed by atoms with Crippen molar-refractivity contribution in [1.82, 2.24) is 90.3 Å². The van der Waals surface area contributed by atoms with E-state index in [1.807, 2.05) is 77.5 Å². The fourth-order valence-corrected chi connectivity index (χ4v) is 19.3. The predicted octanol–water partition coefficient (Wildman–Crippen LogP) is 13.1. The molecule has 11 N–H and O–H groups in total. The maximum Gasteiger partial charge on any atom is 0.409 e. The Morgan fingerprint density at radius 1 is 0.534 bits per heavy atom. The van der Waals surface area contributed by atoms with Crippen LogP contribution in [0.3, 0.4) is 0 Å². The summed E-state index contributed by atoms with van der Waals surface area (Å²) in [6.07, 6.45) is 8.78. The van der Waals surface area contributed by atoms with Crippen LogP contribution in [0.2, 0.25) is 0 Å². The average molecular weight is 2130 g/mol. The lowest BCUT2D eigenvalue weighted by atomic mass is 9.99. The molecule has 0 spiro atoms. The van der Waals surface area contributed by atoms with Crippen LogP contribution < -0.4 is 66.4 Å². The second-order valence-corrected chi connectivity index (χ2v) is 40.5. The molecule has 4 aliphatic heterocycles. The minimum atomic E-state index is -3.43. The topological polar surface area (TPSA) is 587 Å². The molecule has 4 saturated heterocycles. The number of carboxylic acid groups (broad SMARTS) is 1. The zero-order valence-electron chi connectivity index (χ0n) is 84.3. The number of pyridine rings is 1. The van der Waals surface area contributed by atoms with E-state index in [0.717, 1.165) is 79.1 Å². The van der Waals surface area contributed by atoms with Crippen molar-refractivity contribution in [2.75, 3.05) is 186 Å². The van der Waals surface area contributed by atoms with Gasteiger partial charge in [-0.25, -0.2) is 57.1 Å². The molecule has 48 nitrogen and oxygen atoms in total. The number of esters is 4. The van der Waals surface area contributed by atoms with E-state index in [4.69, 9.17) is 43.5 Å². The number of carbonyl (C=O) groups excluding carboxylic acids is 6. The van der Waals surface area contributed by atoms with Crippen LogP contribution in [0.1, 0.15) is 181 Å². The molecule has 0 bridgehead atoms. The molecule has 0 saturated carbocycles. The summed E-state index contributed by atoms with van der Waals surface area (Å²) in [7, 11) is 0.399. The first kappa shape index (κ1) is 110. The summed E-state index contributed by atoms with van der Waals surface area (Å²) in [5, 5.41) is 56.7. The SMILES string of the molecule is CCOC(=O)c1sc(Nc2nc(N(C)Cc3nn[nH]n3)cc(N3CCN(C(=O)OCC)CC3)n2)nc1C.CCOC(=O)c1sc(Nc2nc(NCC3CCCO3)cc(N(C)Cc3cccnc3)n2)nc1C.CCOC(=O)c1sc(Nc2nc(NCc3ccc(C(=O)O)cc3)cc(N3CCCC(CO)C3)n2)nc1C.CCOC(=O)c1sc(Nc2nc(NCc3ccc(NS(=O)(=O)C(C)C)cc3)cc(N3CCCC(=O)C3)n2)nc1C. The molecule has 2 aromatic carbocycles. The molecule has 1 amide bonds. The van der Waals surface area contributed by atoms with E-state index in [2.05, 4.69) is 127 Å². The number of tetrazole rings is 1. The summed E-state index contributed by atoms with van der Waals surface area (Å²) in [4.78, 5) is 157. The highest BCUT2D eigenvalue weighted by Crippen LogP contribution is 2.36. The molecule has 0 radical (unpaired) electrons. The first-order chi connectivity index (χ1) is 71.3. The number of hydrogen-bond donors (Lipinski definition) is 11. The number of aliphatic hydroxyl groups excluding tert-OH is 1. The van der Waals surface area contributed by atoms with Gasteiger partial charge in [0.2, 0.25) is 33.8 Å². The number of aromatic amines is 1. The standard InChI is InChI=1S/C26H33N7O5S2.C25H30N6O5S.C23H29N7O3S.C21H29N11O4S/c1-5-38-24(35)23-17(4)28-26(39-23)31-25-29-21(13-22(30-25)33-12-6-7-20(34)15-33)27-14-18-8-10-19(11-9-18)32-40(36,37)16(2)3;1-3-36-23(35)21-15(2)27-25(37-21)30-24-28-19(26-12-16-6-8-18(9-7-16)22(33)34)11-20(29-24)31-10-4-5-17(13-31)14-32;1-4-32-21(31)20-15(2)26-23(34-20)29-22-27-18(25-13-17-8-6-10-33-17)11-19(28-22)30(3)14-16-7-5-9-24-12-16;1-5-35-18(33)17-13(3)22-20(37-17)25-19-23-15(30(4)12-14-26-28-29-27-14)11-16(24-19)31-7-9-32(10-8-31)21(34)36-6-2/h8-11,13,16,32H,5-7,12,14-15H2,1-4H3,(H2,27,28,29,30,31);6-9,11,17,32H,3-5,10,12-14H2,1-2H3,(H,33,34)(H2,26,27,28,29,30);5,7,9,11-12,17H,4,6,8,10,13-14H2,1-3H3,(H2,25,26,27,28,29);11H,5-10,12H2,1-4H3,(H,22,23,24,25)(H,26,27,28,29). The van der Waals surface area contributed by atoms with Gasteiger partial charge in [-0.3, -0.25) is 35.8 Å². The van der Waals surface area contributed by atoms with E-state index >= 15 is 0 Å². The Kier molecular flexibility index (Phi) is 39.8. The Morgan fingerprint density at radius 3 is 1.47 bits per heavy atom. The molecule has 788 valence electrons. The molecule has 2 unspecified atom stereocenters. The highest BCUT2D eigenvalue weighted by atomic mass is 32.2. The van der Waals surface area contributed by atoms with Crippen molar-refractivity contribution in [3.63, 3.8) is 0 Å². The Bertz CT molecular complexity index is 6590. The lowest BCUT2D eigenvalue weighted by Crippen LogP contribution is -2.49. The van der Waals surface area contributed by atoms with E-state index in [-0.39, 0.29) is 74.4 Å². The van der Waals surface area contributed by atoms with Gasteiger partial charge in [0.25, 0.3) is 0 Å². The third-order valence-corrected chi connectivity index (χ3v) is 28.7. The number of aliphatic hydroxyl groups is 1. The lowest BCUT2D eigenvalue weighted by molar-refractivity contribution is -0.118. The fourth-order valence-electron chi connectivity index (χ4n) is 15.1. The minimum absolute atomic E-state index is 0.124. The number of nitrogens with one attached hydrogen (secondary N) is 9. The van der Waals surface area contributed by atoms with E-state index in [0.29, 0.717) is 225 Å². The van der Waals surface area contributed by atoms with Crippen LogP contribution in [-0.4, -0.2) is 281 Å². The van der Waals surface area contributed by atoms with Crippen molar-refractivity contribution in [3.8, 4) is 0 Å². The number of carbonyl (C=O) groups is 7. The Morgan fingerprint density at radius 2 is 1.01 bits per heavy atom. The third kappa shape index (κ3) is 31.8. The molecular weight excluding hydrogens is 2010 g/mol. The van der Waals surface area contributed by atoms with Crippen LogP contribution in [0.5, 0.6) is 0 Å². The van der Waals surface area contributed by atoms with Crippen LogP contribution in [-0.2, 0) is 69.4 Å². The number of thiazole rings is 4. The number of anilines is 17. The van der Waals surface area contributed by atoms with Gasteiger partial charge in [0, 0.05) is 148 Å². The first-order valence-corrected chi connectivity index (χ1v) is 52.9. The smallest absolute Gasteiger partial charge is 0.409 e. The van der Waals surface area contributed by atoms with Gasteiger partial charge in [-0.2, -0.15) is 45.1 Å². The molecule has 148 heavy (non-hydrogen) atoms. The number of Topliss-reactive ketones (excluding diaryl/α,β-unsaturated/α-hetero) is 1. The Labute approximate surface area is 870 Å². The molecule has 4 fully saturated rings. The highest BCUT2D eigenvalue weighted by Gasteiger charge is 2.31.